The average Bonchev–Trinajstić information content (AvgIpc) is 3.21. The minimum atomic E-state index is -1.22. The van der Waals surface area contributed by atoms with Crippen LogP contribution in [-0.2, 0) is 21.4 Å². The number of rotatable bonds is 5. The monoisotopic (exact) mass is 461 g/mol. The second-order valence-electron chi connectivity index (χ2n) is 9.57. The van der Waals surface area contributed by atoms with Crippen LogP contribution in [0.1, 0.15) is 54.6 Å². The highest BCUT2D eigenvalue weighted by atomic mass is 16.4. The van der Waals surface area contributed by atoms with Crippen molar-refractivity contribution in [1.29, 1.82) is 0 Å². The van der Waals surface area contributed by atoms with Crippen LogP contribution in [0.3, 0.4) is 0 Å². The molecule has 1 unspecified atom stereocenters. The van der Waals surface area contributed by atoms with Crippen molar-refractivity contribution in [2.75, 3.05) is 0 Å². The summed E-state index contributed by atoms with van der Waals surface area (Å²) in [5.41, 5.74) is 3.31. The zero-order valence-electron chi connectivity index (χ0n) is 19.8. The predicted molar refractivity (Wildman–Crippen MR) is 129 cm³/mol. The van der Waals surface area contributed by atoms with Gasteiger partial charge in [0.25, 0.3) is 0 Å². The Bertz CT molecular complexity index is 1470. The first-order valence-electron chi connectivity index (χ1n) is 11.0. The Morgan fingerprint density at radius 2 is 1.71 bits per heavy atom. The summed E-state index contributed by atoms with van der Waals surface area (Å²) in [6, 6.07) is 9.13. The number of hydrogen-bond acceptors (Lipinski definition) is 5. The van der Waals surface area contributed by atoms with Gasteiger partial charge in [-0.15, -0.1) is 0 Å². The van der Waals surface area contributed by atoms with E-state index in [9.17, 15) is 19.5 Å². The number of amides is 1. The predicted octanol–water partition coefficient (Wildman–Crippen LogP) is 4.94. The Balaban J connectivity index is 1.76. The molecule has 7 heteroatoms. The third kappa shape index (κ3) is 4.09. The van der Waals surface area contributed by atoms with Crippen LogP contribution in [0.4, 0.5) is 0 Å². The van der Waals surface area contributed by atoms with Gasteiger partial charge in [-0.05, 0) is 36.5 Å². The molecule has 0 aliphatic carbocycles. The minimum absolute atomic E-state index is 0.152. The summed E-state index contributed by atoms with van der Waals surface area (Å²) in [5.74, 6) is -1.77. The van der Waals surface area contributed by atoms with Crippen LogP contribution < -0.4 is 10.9 Å². The molecule has 0 bridgehead atoms. The summed E-state index contributed by atoms with van der Waals surface area (Å²) in [7, 11) is 0. The zero-order chi connectivity index (χ0) is 24.8. The van der Waals surface area contributed by atoms with Crippen molar-refractivity contribution in [2.45, 2.75) is 52.5 Å². The maximum absolute atomic E-state index is 12.8. The van der Waals surface area contributed by atoms with Gasteiger partial charge < -0.3 is 19.3 Å². The number of carbonyl (C=O) groups is 2. The van der Waals surface area contributed by atoms with Gasteiger partial charge in [-0.25, -0.2) is 9.59 Å². The van der Waals surface area contributed by atoms with Crippen molar-refractivity contribution >= 4 is 33.8 Å². The number of carboxylic acids is 1. The molecule has 0 fully saturated rings. The van der Waals surface area contributed by atoms with Gasteiger partial charge in [-0.2, -0.15) is 0 Å². The Hall–Kier alpha value is -3.87. The molecule has 2 aromatic carbocycles. The summed E-state index contributed by atoms with van der Waals surface area (Å²) >= 11 is 0. The van der Waals surface area contributed by atoms with Gasteiger partial charge in [0, 0.05) is 21.9 Å². The quantitative estimate of drug-likeness (QED) is 0.408. The number of furan rings is 1. The summed E-state index contributed by atoms with van der Waals surface area (Å²) in [6.45, 7) is 9.89. The van der Waals surface area contributed by atoms with Gasteiger partial charge in [0.2, 0.25) is 5.91 Å². The van der Waals surface area contributed by atoms with E-state index < -0.39 is 23.5 Å². The van der Waals surface area contributed by atoms with Crippen LogP contribution in [0.25, 0.3) is 21.9 Å². The molecule has 2 heterocycles. The zero-order valence-corrected chi connectivity index (χ0v) is 19.8. The van der Waals surface area contributed by atoms with E-state index in [0.717, 1.165) is 16.3 Å². The molecule has 1 atom stereocenters. The van der Waals surface area contributed by atoms with Crippen molar-refractivity contribution in [3.05, 3.63) is 80.9 Å². The molecular formula is C27H27NO6. The fraction of sp³-hybridized carbons (Fsp3) is 0.296. The molecule has 0 aliphatic heterocycles. The molecule has 0 aliphatic rings. The fourth-order valence-electron chi connectivity index (χ4n) is 4.29. The largest absolute Gasteiger partial charge is 0.479 e. The Morgan fingerprint density at radius 1 is 1.03 bits per heavy atom. The highest BCUT2D eigenvalue weighted by Crippen LogP contribution is 2.37. The van der Waals surface area contributed by atoms with E-state index in [0.29, 0.717) is 27.9 Å². The molecule has 4 aromatic rings. The summed E-state index contributed by atoms with van der Waals surface area (Å²) < 4.78 is 11.4. The Labute approximate surface area is 196 Å². The lowest BCUT2D eigenvalue weighted by atomic mass is 9.86. The lowest BCUT2D eigenvalue weighted by Crippen LogP contribution is -2.35. The first-order chi connectivity index (χ1) is 16.0. The van der Waals surface area contributed by atoms with Gasteiger partial charge in [-0.3, -0.25) is 4.79 Å². The molecule has 34 heavy (non-hydrogen) atoms. The second-order valence-corrected chi connectivity index (χ2v) is 9.57. The molecule has 0 saturated carbocycles. The van der Waals surface area contributed by atoms with Crippen LogP contribution >= 0.6 is 0 Å². The van der Waals surface area contributed by atoms with E-state index in [-0.39, 0.29) is 17.4 Å². The molecule has 7 nitrogen and oxygen atoms in total. The topological polar surface area (TPSA) is 110 Å². The summed E-state index contributed by atoms with van der Waals surface area (Å²) in [5, 5.41) is 13.8. The highest BCUT2D eigenvalue weighted by molar-refractivity contribution is 6.00. The highest BCUT2D eigenvalue weighted by Gasteiger charge is 2.26. The van der Waals surface area contributed by atoms with Crippen molar-refractivity contribution in [3.8, 4) is 0 Å². The van der Waals surface area contributed by atoms with Crippen LogP contribution in [0.5, 0.6) is 0 Å². The molecular weight excluding hydrogens is 434 g/mol. The number of aliphatic carboxylic acids is 1. The molecule has 2 aromatic heterocycles. The number of carbonyl (C=O) groups excluding carboxylic acids is 1. The molecule has 176 valence electrons. The third-order valence-corrected chi connectivity index (χ3v) is 6.17. The Kier molecular flexibility index (Phi) is 5.81. The van der Waals surface area contributed by atoms with Crippen molar-refractivity contribution in [3.63, 3.8) is 0 Å². The van der Waals surface area contributed by atoms with Gasteiger partial charge >= 0.3 is 11.6 Å². The van der Waals surface area contributed by atoms with E-state index in [1.165, 1.54) is 0 Å². The van der Waals surface area contributed by atoms with Crippen molar-refractivity contribution in [2.24, 2.45) is 0 Å². The fourth-order valence-corrected chi connectivity index (χ4v) is 4.29. The first-order valence-corrected chi connectivity index (χ1v) is 11.0. The molecule has 0 spiro atoms. The van der Waals surface area contributed by atoms with Crippen LogP contribution in [0.2, 0.25) is 0 Å². The van der Waals surface area contributed by atoms with E-state index in [4.69, 9.17) is 8.83 Å². The van der Waals surface area contributed by atoms with Crippen LogP contribution in [0.15, 0.2) is 56.3 Å². The smallest absolute Gasteiger partial charge is 0.340 e. The number of nitrogens with one attached hydrogen (secondary N) is 1. The Morgan fingerprint density at radius 3 is 2.32 bits per heavy atom. The van der Waals surface area contributed by atoms with Gasteiger partial charge in [0.05, 0.1) is 18.2 Å². The molecule has 0 radical (unpaired) electrons. The minimum Gasteiger partial charge on any atom is -0.479 e. The summed E-state index contributed by atoms with van der Waals surface area (Å²) in [4.78, 5) is 37.4. The van der Waals surface area contributed by atoms with Crippen molar-refractivity contribution < 1.29 is 23.5 Å². The lowest BCUT2D eigenvalue weighted by Gasteiger charge is -2.17. The number of fused-ring (bicyclic) bond motifs is 2. The lowest BCUT2D eigenvalue weighted by molar-refractivity contribution is -0.142. The maximum atomic E-state index is 12.8. The number of aryl methyl sites for hydroxylation is 2. The van der Waals surface area contributed by atoms with E-state index in [1.54, 1.807) is 43.5 Å². The molecule has 0 saturated heterocycles. The number of carboxylic acid groups (broad SMARTS) is 1. The molecule has 4 rings (SSSR count). The van der Waals surface area contributed by atoms with Crippen LogP contribution in [0, 0.1) is 13.8 Å². The SMILES string of the molecule is Cc1c(CC(=O)NC(C(=O)O)c2ccccc2)c(=O)oc2c(C)c3occ(C(C)(C)C)c3cc12. The van der Waals surface area contributed by atoms with E-state index in [1.807, 2.05) is 13.0 Å². The van der Waals surface area contributed by atoms with Crippen molar-refractivity contribution in [1.82, 2.24) is 5.32 Å². The summed E-state index contributed by atoms with van der Waals surface area (Å²) in [6.07, 6.45) is 1.43. The second kappa shape index (κ2) is 8.48. The molecule has 1 amide bonds. The average molecular weight is 462 g/mol. The molecule has 2 N–H and O–H groups in total. The van der Waals surface area contributed by atoms with E-state index in [2.05, 4.69) is 26.1 Å². The standard InChI is InChI=1S/C27H27NO6/c1-14-17-11-19-20(27(3,4)5)13-33-23(19)15(2)24(17)34-26(32)18(14)12-21(29)28-22(25(30)31)16-9-7-6-8-10-16/h6-11,13,22H,12H2,1-5H3,(H,28,29)(H,30,31). The first kappa shape index (κ1) is 23.3. The van der Waals surface area contributed by atoms with Gasteiger partial charge in [0.1, 0.15) is 11.2 Å². The normalized spacial score (nSPS) is 12.7. The van der Waals surface area contributed by atoms with Crippen LogP contribution in [-0.4, -0.2) is 17.0 Å². The van der Waals surface area contributed by atoms with Gasteiger partial charge in [-0.1, -0.05) is 51.1 Å². The third-order valence-electron chi connectivity index (χ3n) is 6.17. The number of hydrogen-bond donors (Lipinski definition) is 2. The number of benzene rings is 2. The maximum Gasteiger partial charge on any atom is 0.340 e. The van der Waals surface area contributed by atoms with E-state index >= 15 is 0 Å². The van der Waals surface area contributed by atoms with Gasteiger partial charge in [0.15, 0.2) is 6.04 Å².